The van der Waals surface area contributed by atoms with E-state index in [1.807, 2.05) is 0 Å². The van der Waals surface area contributed by atoms with Crippen molar-refractivity contribution in [3.05, 3.63) is 39.4 Å². The molecule has 126 valence electrons. The lowest BCUT2D eigenvalue weighted by molar-refractivity contribution is -0.385. The lowest BCUT2D eigenvalue weighted by Gasteiger charge is -2.34. The highest BCUT2D eigenvalue weighted by atomic mass is 35.5. The molecule has 2 aliphatic heterocycles. The van der Waals surface area contributed by atoms with Crippen molar-refractivity contribution in [3.63, 3.8) is 0 Å². The van der Waals surface area contributed by atoms with Gasteiger partial charge in [0.2, 0.25) is 5.91 Å². The first kappa shape index (κ1) is 17.7. The summed E-state index contributed by atoms with van der Waals surface area (Å²) >= 11 is 0. The zero-order valence-corrected chi connectivity index (χ0v) is 13.6. The number of nitrogens with two attached hydrogens (primary N) is 1. The first-order chi connectivity index (χ1) is 10.5. The lowest BCUT2D eigenvalue weighted by atomic mass is 9.88. The van der Waals surface area contributed by atoms with Crippen LogP contribution in [0.15, 0.2) is 18.2 Å². The van der Waals surface area contributed by atoms with Gasteiger partial charge in [0, 0.05) is 30.3 Å². The highest BCUT2D eigenvalue weighted by molar-refractivity contribution is 5.93. The smallest absolute Gasteiger partial charge is 0.274 e. The fourth-order valence-corrected chi connectivity index (χ4v) is 3.52. The number of nitrogens with zero attached hydrogens (tertiary/aromatic N) is 2. The van der Waals surface area contributed by atoms with Crippen LogP contribution in [0.1, 0.15) is 22.3 Å². The predicted molar refractivity (Wildman–Crippen MR) is 88.6 cm³/mol. The summed E-state index contributed by atoms with van der Waals surface area (Å²) in [5, 5.41) is 14.7. The Hall–Kier alpha value is -1.70. The number of piperidine rings is 1. The number of hydrogen-bond acceptors (Lipinski definition) is 5. The zero-order valence-electron chi connectivity index (χ0n) is 12.7. The molecule has 7 nitrogen and oxygen atoms in total. The number of nitro groups is 1. The average molecular weight is 341 g/mol. The Labute approximate surface area is 140 Å². The van der Waals surface area contributed by atoms with E-state index in [0.29, 0.717) is 18.0 Å². The van der Waals surface area contributed by atoms with Crippen molar-refractivity contribution in [1.82, 2.24) is 10.2 Å². The van der Waals surface area contributed by atoms with Gasteiger partial charge in [-0.1, -0.05) is 6.07 Å². The standard InChI is InChI=1S/C15H20N4O3.ClH/c16-15(20)10-1-2-12(14(5-10)19(21)22)8-18-4-3-11-6-17-7-13(11)9-18;/h1-2,5,11,13,17H,3-4,6-9H2,(H2,16,20);1H. The summed E-state index contributed by atoms with van der Waals surface area (Å²) < 4.78 is 0. The molecule has 0 saturated carbocycles. The molecule has 0 bridgehead atoms. The van der Waals surface area contributed by atoms with Gasteiger partial charge in [0.25, 0.3) is 5.69 Å². The van der Waals surface area contributed by atoms with E-state index in [1.54, 1.807) is 12.1 Å². The first-order valence-electron chi connectivity index (χ1n) is 7.55. The molecule has 8 heteroatoms. The summed E-state index contributed by atoms with van der Waals surface area (Å²) in [6.45, 7) is 4.58. The van der Waals surface area contributed by atoms with Gasteiger partial charge in [0.05, 0.1) is 4.92 Å². The second kappa shape index (κ2) is 7.25. The molecule has 2 saturated heterocycles. The Balaban J connectivity index is 0.00000192. The number of primary amides is 1. The Kier molecular flexibility index (Phi) is 5.56. The van der Waals surface area contributed by atoms with Crippen molar-refractivity contribution in [3.8, 4) is 0 Å². The van der Waals surface area contributed by atoms with E-state index < -0.39 is 10.8 Å². The molecule has 1 aromatic rings. The molecule has 3 N–H and O–H groups in total. The van der Waals surface area contributed by atoms with Crippen LogP contribution in [0.3, 0.4) is 0 Å². The minimum absolute atomic E-state index is 0. The highest BCUT2D eigenvalue weighted by Crippen LogP contribution is 2.29. The van der Waals surface area contributed by atoms with Crippen LogP contribution < -0.4 is 11.1 Å². The first-order valence-corrected chi connectivity index (χ1v) is 7.55. The molecule has 2 aliphatic rings. The summed E-state index contributed by atoms with van der Waals surface area (Å²) in [6, 6.07) is 4.49. The Morgan fingerprint density at radius 3 is 2.83 bits per heavy atom. The Bertz CT molecular complexity index is 610. The molecule has 23 heavy (non-hydrogen) atoms. The van der Waals surface area contributed by atoms with Crippen LogP contribution in [0.2, 0.25) is 0 Å². The minimum Gasteiger partial charge on any atom is -0.366 e. The Morgan fingerprint density at radius 1 is 1.39 bits per heavy atom. The normalized spacial score (nSPS) is 23.8. The monoisotopic (exact) mass is 340 g/mol. The maximum atomic E-state index is 11.2. The molecule has 0 aromatic heterocycles. The molecular formula is C15H21ClN4O3. The van der Waals surface area contributed by atoms with E-state index in [2.05, 4.69) is 10.2 Å². The molecule has 2 fully saturated rings. The third-order valence-electron chi connectivity index (χ3n) is 4.75. The van der Waals surface area contributed by atoms with Gasteiger partial charge in [0.15, 0.2) is 0 Å². The molecule has 0 spiro atoms. The molecule has 0 radical (unpaired) electrons. The van der Waals surface area contributed by atoms with Crippen molar-refractivity contribution in [2.75, 3.05) is 26.2 Å². The van der Waals surface area contributed by atoms with Crippen LogP contribution in [0.5, 0.6) is 0 Å². The number of nitro benzene ring substituents is 1. The van der Waals surface area contributed by atoms with Gasteiger partial charge in [-0.3, -0.25) is 19.8 Å². The maximum Gasteiger partial charge on any atom is 0.274 e. The third-order valence-corrected chi connectivity index (χ3v) is 4.75. The zero-order chi connectivity index (χ0) is 15.7. The van der Waals surface area contributed by atoms with Crippen LogP contribution in [0.4, 0.5) is 5.69 Å². The molecule has 1 amide bonds. The SMILES string of the molecule is Cl.NC(=O)c1ccc(CN2CCC3CNCC3C2)c([N+](=O)[O-])c1. The van der Waals surface area contributed by atoms with Crippen LogP contribution in [-0.2, 0) is 6.54 Å². The number of carbonyl (C=O) groups excluding carboxylic acids is 1. The third kappa shape index (κ3) is 3.80. The largest absolute Gasteiger partial charge is 0.366 e. The number of rotatable bonds is 4. The van der Waals surface area contributed by atoms with Crippen molar-refractivity contribution in [2.45, 2.75) is 13.0 Å². The number of halogens is 1. The lowest BCUT2D eigenvalue weighted by Crippen LogP contribution is -2.39. The number of carbonyl (C=O) groups is 1. The number of hydrogen-bond donors (Lipinski definition) is 2. The highest BCUT2D eigenvalue weighted by Gasteiger charge is 2.33. The van der Waals surface area contributed by atoms with E-state index >= 15 is 0 Å². The average Bonchev–Trinajstić information content (AvgIpc) is 2.94. The molecule has 0 aliphatic carbocycles. The second-order valence-corrected chi connectivity index (χ2v) is 6.17. The van der Waals surface area contributed by atoms with E-state index in [0.717, 1.165) is 38.5 Å². The molecule has 2 unspecified atom stereocenters. The molecule has 3 rings (SSSR count). The molecule has 2 heterocycles. The van der Waals surface area contributed by atoms with Gasteiger partial charge in [-0.15, -0.1) is 12.4 Å². The second-order valence-electron chi connectivity index (χ2n) is 6.17. The summed E-state index contributed by atoms with van der Waals surface area (Å²) in [5.74, 6) is 0.730. The van der Waals surface area contributed by atoms with E-state index in [-0.39, 0.29) is 23.7 Å². The molecule has 2 atom stereocenters. The van der Waals surface area contributed by atoms with E-state index in [4.69, 9.17) is 5.73 Å². The minimum atomic E-state index is -0.646. The fraction of sp³-hybridized carbons (Fsp3) is 0.533. The molecule has 1 aromatic carbocycles. The van der Waals surface area contributed by atoms with Gasteiger partial charge in [-0.25, -0.2) is 0 Å². The number of benzene rings is 1. The number of nitrogens with one attached hydrogen (secondary N) is 1. The topological polar surface area (TPSA) is 102 Å². The van der Waals surface area contributed by atoms with Crippen molar-refractivity contribution < 1.29 is 9.72 Å². The maximum absolute atomic E-state index is 11.2. The van der Waals surface area contributed by atoms with Crippen molar-refractivity contribution >= 4 is 24.0 Å². The number of amides is 1. The van der Waals surface area contributed by atoms with Crippen LogP contribution in [0.25, 0.3) is 0 Å². The van der Waals surface area contributed by atoms with Crippen LogP contribution in [-0.4, -0.2) is 41.9 Å². The van der Waals surface area contributed by atoms with Gasteiger partial charge in [0.1, 0.15) is 0 Å². The van der Waals surface area contributed by atoms with Crippen molar-refractivity contribution in [2.24, 2.45) is 17.6 Å². The summed E-state index contributed by atoms with van der Waals surface area (Å²) in [7, 11) is 0. The number of likely N-dealkylation sites (tertiary alicyclic amines) is 1. The van der Waals surface area contributed by atoms with Gasteiger partial charge in [-0.05, 0) is 44.0 Å². The Morgan fingerprint density at radius 2 is 2.13 bits per heavy atom. The van der Waals surface area contributed by atoms with Gasteiger partial charge in [-0.2, -0.15) is 0 Å². The van der Waals surface area contributed by atoms with E-state index in [9.17, 15) is 14.9 Å². The van der Waals surface area contributed by atoms with Crippen molar-refractivity contribution in [1.29, 1.82) is 0 Å². The predicted octanol–water partition coefficient (Wildman–Crippen LogP) is 1.16. The van der Waals surface area contributed by atoms with Crippen LogP contribution >= 0.6 is 12.4 Å². The van der Waals surface area contributed by atoms with Gasteiger partial charge < -0.3 is 11.1 Å². The van der Waals surface area contributed by atoms with Crippen LogP contribution in [0, 0.1) is 22.0 Å². The summed E-state index contributed by atoms with van der Waals surface area (Å²) in [4.78, 5) is 24.3. The quantitative estimate of drug-likeness (QED) is 0.632. The summed E-state index contributed by atoms with van der Waals surface area (Å²) in [5.41, 5.74) is 5.99. The van der Waals surface area contributed by atoms with E-state index in [1.165, 1.54) is 6.07 Å². The van der Waals surface area contributed by atoms with Gasteiger partial charge >= 0.3 is 0 Å². The number of fused-ring (bicyclic) bond motifs is 1. The molecular weight excluding hydrogens is 320 g/mol. The summed E-state index contributed by atoms with van der Waals surface area (Å²) in [6.07, 6.45) is 1.13. The fourth-order valence-electron chi connectivity index (χ4n) is 3.52.